The second-order valence-electron chi connectivity index (χ2n) is 6.42. The Morgan fingerprint density at radius 3 is 2.71 bits per heavy atom. The van der Waals surface area contributed by atoms with Gasteiger partial charge in [0.1, 0.15) is 0 Å². The van der Waals surface area contributed by atoms with Crippen LogP contribution in [0.5, 0.6) is 0 Å². The van der Waals surface area contributed by atoms with Crippen LogP contribution < -0.4 is 0 Å². The van der Waals surface area contributed by atoms with Gasteiger partial charge in [-0.3, -0.25) is 4.79 Å². The molecule has 0 spiro atoms. The van der Waals surface area contributed by atoms with Gasteiger partial charge in [-0.15, -0.1) is 0 Å². The number of carbonyl (C=O) groups is 1. The van der Waals surface area contributed by atoms with Crippen LogP contribution in [-0.4, -0.2) is 35.1 Å². The summed E-state index contributed by atoms with van der Waals surface area (Å²) in [4.78, 5) is 14.0. The van der Waals surface area contributed by atoms with Gasteiger partial charge in [-0.05, 0) is 30.6 Å². The summed E-state index contributed by atoms with van der Waals surface area (Å²) in [6.07, 6.45) is 6.14. The highest BCUT2D eigenvalue weighted by atomic mass is 16.3. The van der Waals surface area contributed by atoms with Gasteiger partial charge in [0.05, 0.1) is 6.10 Å². The first kappa shape index (κ1) is 12.9. The van der Waals surface area contributed by atoms with Crippen molar-refractivity contribution in [2.24, 2.45) is 11.3 Å². The lowest BCUT2D eigenvalue weighted by Gasteiger charge is -2.39. The van der Waals surface area contributed by atoms with Crippen LogP contribution in [0.25, 0.3) is 0 Å². The Labute approximate surface area is 104 Å². The second-order valence-corrected chi connectivity index (χ2v) is 6.42. The molecule has 1 N–H and O–H groups in total. The van der Waals surface area contributed by atoms with Gasteiger partial charge >= 0.3 is 0 Å². The molecule has 2 fully saturated rings. The van der Waals surface area contributed by atoms with E-state index in [1.54, 1.807) is 0 Å². The highest BCUT2D eigenvalue weighted by Gasteiger charge is 2.35. The van der Waals surface area contributed by atoms with Crippen LogP contribution in [0.3, 0.4) is 0 Å². The number of aliphatic hydroxyl groups is 1. The van der Waals surface area contributed by atoms with Crippen LogP contribution in [0, 0.1) is 11.3 Å². The number of hydrogen-bond donors (Lipinski definition) is 1. The molecule has 0 aromatic rings. The molecule has 1 aliphatic carbocycles. The van der Waals surface area contributed by atoms with E-state index in [1.807, 2.05) is 4.90 Å². The van der Waals surface area contributed by atoms with Crippen molar-refractivity contribution >= 4 is 5.91 Å². The molecule has 0 radical (unpaired) electrons. The maximum absolute atomic E-state index is 12.2. The molecule has 2 rings (SSSR count). The van der Waals surface area contributed by atoms with Crippen molar-refractivity contribution in [1.29, 1.82) is 0 Å². The maximum Gasteiger partial charge on any atom is 0.222 e. The minimum atomic E-state index is -0.293. The first-order valence-corrected chi connectivity index (χ1v) is 6.95. The highest BCUT2D eigenvalue weighted by Crippen LogP contribution is 2.42. The zero-order valence-corrected chi connectivity index (χ0v) is 11.1. The first-order valence-electron chi connectivity index (χ1n) is 6.95. The fourth-order valence-corrected chi connectivity index (χ4v) is 3.25. The van der Waals surface area contributed by atoms with Crippen molar-refractivity contribution in [2.75, 3.05) is 13.1 Å². The summed E-state index contributed by atoms with van der Waals surface area (Å²) >= 11 is 0. The predicted octanol–water partition coefficient (Wildman–Crippen LogP) is 2.19. The van der Waals surface area contributed by atoms with E-state index in [9.17, 15) is 9.90 Å². The molecule has 0 aromatic heterocycles. The number of rotatable bonds is 2. The molecule has 98 valence electrons. The maximum atomic E-state index is 12.2. The zero-order chi connectivity index (χ0) is 12.5. The minimum absolute atomic E-state index is 0.251. The van der Waals surface area contributed by atoms with Crippen LogP contribution in [0.1, 0.15) is 52.4 Å². The molecular formula is C14H25NO2. The van der Waals surface area contributed by atoms with Gasteiger partial charge in [-0.25, -0.2) is 0 Å². The largest absolute Gasteiger partial charge is 0.391 e. The first-order chi connectivity index (χ1) is 7.99. The summed E-state index contributed by atoms with van der Waals surface area (Å²) in [7, 11) is 0. The van der Waals surface area contributed by atoms with Gasteiger partial charge < -0.3 is 10.0 Å². The van der Waals surface area contributed by atoms with E-state index in [4.69, 9.17) is 0 Å². The molecule has 1 unspecified atom stereocenters. The molecule has 1 saturated heterocycles. The average Bonchev–Trinajstić information content (AvgIpc) is 2.68. The molecule has 2 atom stereocenters. The molecule has 1 heterocycles. The fraction of sp³-hybridized carbons (Fsp3) is 0.929. The lowest BCUT2D eigenvalue weighted by atomic mass is 9.67. The van der Waals surface area contributed by atoms with E-state index in [0.29, 0.717) is 24.3 Å². The molecule has 1 aliphatic heterocycles. The Morgan fingerprint density at radius 2 is 2.12 bits per heavy atom. The van der Waals surface area contributed by atoms with Crippen molar-refractivity contribution in [2.45, 2.75) is 58.5 Å². The van der Waals surface area contributed by atoms with E-state index < -0.39 is 0 Å². The van der Waals surface area contributed by atoms with Crippen LogP contribution in [0.15, 0.2) is 0 Å². The van der Waals surface area contributed by atoms with Crippen molar-refractivity contribution in [3.05, 3.63) is 0 Å². The third kappa shape index (κ3) is 3.01. The van der Waals surface area contributed by atoms with Crippen molar-refractivity contribution in [3.8, 4) is 0 Å². The summed E-state index contributed by atoms with van der Waals surface area (Å²) in [6, 6.07) is 0. The van der Waals surface area contributed by atoms with Gasteiger partial charge in [-0.1, -0.05) is 26.7 Å². The van der Waals surface area contributed by atoms with Crippen molar-refractivity contribution < 1.29 is 9.90 Å². The second kappa shape index (κ2) is 4.97. The third-order valence-electron chi connectivity index (χ3n) is 4.67. The van der Waals surface area contributed by atoms with Crippen LogP contribution in [0.2, 0.25) is 0 Å². The van der Waals surface area contributed by atoms with E-state index in [-0.39, 0.29) is 12.0 Å². The summed E-state index contributed by atoms with van der Waals surface area (Å²) in [5, 5.41) is 9.46. The number of amides is 1. The Hall–Kier alpha value is -0.570. The molecule has 3 nitrogen and oxygen atoms in total. The van der Waals surface area contributed by atoms with Gasteiger partial charge in [-0.2, -0.15) is 0 Å². The molecule has 1 amide bonds. The predicted molar refractivity (Wildman–Crippen MR) is 67.6 cm³/mol. The monoisotopic (exact) mass is 239 g/mol. The number of nitrogens with zero attached hydrogens (tertiary/aromatic N) is 1. The van der Waals surface area contributed by atoms with Gasteiger partial charge in [0.2, 0.25) is 5.91 Å². The standard InChI is InChI=1S/C14H25NO2/c1-14(2)7-4-3-5-11(14)9-13(17)15-8-6-12(16)10-15/h11-12,16H,3-10H2,1-2H3/t11?,12-/m1/s1. The number of hydrogen-bond acceptors (Lipinski definition) is 2. The average molecular weight is 239 g/mol. The van der Waals surface area contributed by atoms with Crippen LogP contribution in [-0.2, 0) is 4.79 Å². The van der Waals surface area contributed by atoms with Crippen molar-refractivity contribution in [3.63, 3.8) is 0 Å². The van der Waals surface area contributed by atoms with Gasteiger partial charge in [0.15, 0.2) is 0 Å². The van der Waals surface area contributed by atoms with Gasteiger partial charge in [0, 0.05) is 19.5 Å². The van der Waals surface area contributed by atoms with Crippen LogP contribution >= 0.6 is 0 Å². The van der Waals surface area contributed by atoms with E-state index >= 15 is 0 Å². The molecule has 3 heteroatoms. The minimum Gasteiger partial charge on any atom is -0.391 e. The molecule has 1 saturated carbocycles. The Kier molecular flexibility index (Phi) is 3.76. The normalized spacial score (nSPS) is 32.8. The number of carbonyl (C=O) groups excluding carboxylic acids is 1. The number of likely N-dealkylation sites (tertiary alicyclic amines) is 1. The quantitative estimate of drug-likeness (QED) is 0.802. The van der Waals surface area contributed by atoms with Crippen LogP contribution in [0.4, 0.5) is 0 Å². The summed E-state index contributed by atoms with van der Waals surface area (Å²) in [5.41, 5.74) is 0.312. The lowest BCUT2D eigenvalue weighted by molar-refractivity contribution is -0.133. The fourth-order valence-electron chi connectivity index (χ4n) is 3.25. The molecular weight excluding hydrogens is 214 g/mol. The zero-order valence-electron chi connectivity index (χ0n) is 11.1. The van der Waals surface area contributed by atoms with E-state index in [2.05, 4.69) is 13.8 Å². The van der Waals surface area contributed by atoms with E-state index in [0.717, 1.165) is 13.0 Å². The van der Waals surface area contributed by atoms with Gasteiger partial charge in [0.25, 0.3) is 0 Å². The molecule has 2 aliphatic rings. The topological polar surface area (TPSA) is 40.5 Å². The van der Waals surface area contributed by atoms with E-state index in [1.165, 1.54) is 25.7 Å². The number of aliphatic hydroxyl groups excluding tert-OH is 1. The number of β-amino-alcohol motifs (C(OH)–C–C–N with tert-alkyl or cyclic N) is 1. The molecule has 0 aromatic carbocycles. The molecule has 0 bridgehead atoms. The third-order valence-corrected chi connectivity index (χ3v) is 4.67. The lowest BCUT2D eigenvalue weighted by Crippen LogP contribution is -2.36. The summed E-state index contributed by atoms with van der Waals surface area (Å²) < 4.78 is 0. The molecule has 17 heavy (non-hydrogen) atoms. The van der Waals surface area contributed by atoms with Crippen molar-refractivity contribution in [1.82, 2.24) is 4.90 Å². The Bertz CT molecular complexity index is 288. The Balaban J connectivity index is 1.89. The summed E-state index contributed by atoms with van der Waals surface area (Å²) in [5.74, 6) is 0.781. The Morgan fingerprint density at radius 1 is 1.35 bits per heavy atom. The highest BCUT2D eigenvalue weighted by molar-refractivity contribution is 5.76. The smallest absolute Gasteiger partial charge is 0.222 e. The summed E-state index contributed by atoms with van der Waals surface area (Å²) in [6.45, 7) is 5.88. The SMILES string of the molecule is CC1(C)CCCCC1CC(=O)N1CC[C@@H](O)C1.